The fraction of sp³-hybridized carbons (Fsp3) is 0.500. The quantitative estimate of drug-likeness (QED) is 0.309. The van der Waals surface area contributed by atoms with Gasteiger partial charge in [-0.15, -0.1) is 0 Å². The molecule has 0 atom stereocenters. The maximum absolute atomic E-state index is 10.2. The van der Waals surface area contributed by atoms with E-state index in [0.29, 0.717) is 6.54 Å². The maximum Gasteiger partial charge on any atom is 0.338 e. The number of aliphatic carboxylic acids is 1. The van der Waals surface area contributed by atoms with E-state index in [4.69, 9.17) is 15.3 Å². The van der Waals surface area contributed by atoms with Crippen molar-refractivity contribution in [1.82, 2.24) is 5.32 Å². The second-order valence-corrected chi connectivity index (χ2v) is 1.84. The Bertz CT molecular complexity index is 164. The van der Waals surface area contributed by atoms with Crippen LogP contribution in [0.5, 0.6) is 0 Å². The topological polar surface area (TPSA) is 89.8 Å². The molecular weight excluding hydrogens is 150 g/mol. The first kappa shape index (κ1) is 9.93. The standard InChI is InChI=1S/C6H11NO4/c1-2-7-3-4(5(8)9)6(10)11/h3,5,7-9H,2H2,1H3,(H,10,11). The molecule has 0 rings (SSSR count). The van der Waals surface area contributed by atoms with Gasteiger partial charge < -0.3 is 20.6 Å². The van der Waals surface area contributed by atoms with Crippen LogP contribution >= 0.6 is 0 Å². The lowest BCUT2D eigenvalue weighted by Gasteiger charge is -2.03. The fourth-order valence-corrected chi connectivity index (χ4v) is 0.459. The van der Waals surface area contributed by atoms with Crippen LogP contribution in [0.2, 0.25) is 0 Å². The van der Waals surface area contributed by atoms with E-state index in [-0.39, 0.29) is 0 Å². The molecule has 5 nitrogen and oxygen atoms in total. The molecule has 0 fully saturated rings. The Hall–Kier alpha value is -1.07. The molecule has 0 heterocycles. The van der Waals surface area contributed by atoms with Crippen molar-refractivity contribution in [2.24, 2.45) is 0 Å². The van der Waals surface area contributed by atoms with Crippen LogP contribution in [0, 0.1) is 0 Å². The van der Waals surface area contributed by atoms with Crippen LogP contribution in [0.3, 0.4) is 0 Å². The number of carboxylic acid groups (broad SMARTS) is 1. The lowest BCUT2D eigenvalue weighted by molar-refractivity contribution is -0.136. The predicted molar refractivity (Wildman–Crippen MR) is 37.6 cm³/mol. The Morgan fingerprint density at radius 2 is 2.18 bits per heavy atom. The number of hydrogen-bond acceptors (Lipinski definition) is 4. The highest BCUT2D eigenvalue weighted by Gasteiger charge is 2.13. The van der Waals surface area contributed by atoms with Crippen molar-refractivity contribution in [2.45, 2.75) is 13.2 Å². The van der Waals surface area contributed by atoms with Crippen molar-refractivity contribution < 1.29 is 20.1 Å². The minimum Gasteiger partial charge on any atom is -0.478 e. The van der Waals surface area contributed by atoms with Gasteiger partial charge in [0.2, 0.25) is 0 Å². The first-order chi connectivity index (χ1) is 5.09. The van der Waals surface area contributed by atoms with E-state index < -0.39 is 17.8 Å². The SMILES string of the molecule is CCNC=C(C(=O)O)C(O)O. The van der Waals surface area contributed by atoms with Crippen LogP contribution in [-0.2, 0) is 4.79 Å². The number of carboxylic acids is 1. The van der Waals surface area contributed by atoms with Crippen molar-refractivity contribution in [3.63, 3.8) is 0 Å². The molecule has 0 aliphatic heterocycles. The minimum atomic E-state index is -1.94. The van der Waals surface area contributed by atoms with Crippen LogP contribution in [0.15, 0.2) is 11.8 Å². The number of rotatable bonds is 4. The van der Waals surface area contributed by atoms with Gasteiger partial charge in [-0.3, -0.25) is 0 Å². The van der Waals surface area contributed by atoms with Crippen molar-refractivity contribution in [1.29, 1.82) is 0 Å². The number of hydrogen-bond donors (Lipinski definition) is 4. The number of aliphatic hydroxyl groups excluding tert-OH is 1. The zero-order valence-electron chi connectivity index (χ0n) is 6.11. The molecule has 0 radical (unpaired) electrons. The van der Waals surface area contributed by atoms with Crippen LogP contribution < -0.4 is 5.32 Å². The lowest BCUT2D eigenvalue weighted by atomic mass is 10.3. The first-order valence-electron chi connectivity index (χ1n) is 3.12. The Kier molecular flexibility index (Phi) is 4.24. The van der Waals surface area contributed by atoms with Crippen molar-refractivity contribution in [3.05, 3.63) is 11.8 Å². The smallest absolute Gasteiger partial charge is 0.338 e. The summed E-state index contributed by atoms with van der Waals surface area (Å²) in [5, 5.41) is 27.8. The largest absolute Gasteiger partial charge is 0.478 e. The monoisotopic (exact) mass is 161 g/mol. The van der Waals surface area contributed by atoms with E-state index in [1.54, 1.807) is 6.92 Å². The number of carbonyl (C=O) groups is 1. The summed E-state index contributed by atoms with van der Waals surface area (Å²) in [6.45, 7) is 2.29. The van der Waals surface area contributed by atoms with Gasteiger partial charge in [-0.2, -0.15) is 0 Å². The third-order valence-electron chi connectivity index (χ3n) is 0.987. The van der Waals surface area contributed by atoms with E-state index in [1.165, 1.54) is 0 Å². The Balaban J connectivity index is 4.21. The summed E-state index contributed by atoms with van der Waals surface area (Å²) in [6, 6.07) is 0. The fourth-order valence-electron chi connectivity index (χ4n) is 0.459. The Labute approximate surface area is 64.0 Å². The van der Waals surface area contributed by atoms with E-state index in [2.05, 4.69) is 5.32 Å². The lowest BCUT2D eigenvalue weighted by Crippen LogP contribution is -2.20. The molecule has 0 bridgehead atoms. The third kappa shape index (κ3) is 3.59. The van der Waals surface area contributed by atoms with Crippen LogP contribution in [-0.4, -0.2) is 34.1 Å². The van der Waals surface area contributed by atoms with Gasteiger partial charge in [0.1, 0.15) is 5.57 Å². The molecule has 64 valence electrons. The molecule has 0 saturated heterocycles. The maximum atomic E-state index is 10.2. The summed E-state index contributed by atoms with van der Waals surface area (Å²) >= 11 is 0. The molecule has 5 heteroatoms. The van der Waals surface area contributed by atoms with Crippen LogP contribution in [0.25, 0.3) is 0 Å². The number of nitrogens with one attached hydrogen (secondary N) is 1. The second-order valence-electron chi connectivity index (χ2n) is 1.84. The molecule has 11 heavy (non-hydrogen) atoms. The Morgan fingerprint density at radius 1 is 1.64 bits per heavy atom. The molecule has 0 spiro atoms. The highest BCUT2D eigenvalue weighted by molar-refractivity contribution is 5.87. The highest BCUT2D eigenvalue weighted by atomic mass is 16.5. The van der Waals surface area contributed by atoms with Gasteiger partial charge in [-0.1, -0.05) is 0 Å². The van der Waals surface area contributed by atoms with Crippen molar-refractivity contribution >= 4 is 5.97 Å². The minimum absolute atomic E-state index is 0.466. The van der Waals surface area contributed by atoms with Gasteiger partial charge in [0.25, 0.3) is 0 Å². The summed E-state index contributed by atoms with van der Waals surface area (Å²) in [6.07, 6.45) is -0.876. The molecule has 4 N–H and O–H groups in total. The van der Waals surface area contributed by atoms with Crippen LogP contribution in [0.1, 0.15) is 6.92 Å². The van der Waals surface area contributed by atoms with Gasteiger partial charge in [0, 0.05) is 12.7 Å². The molecule has 0 aliphatic carbocycles. The summed E-state index contributed by atoms with van der Waals surface area (Å²) in [5.74, 6) is -1.35. The zero-order valence-corrected chi connectivity index (χ0v) is 6.11. The van der Waals surface area contributed by atoms with E-state index >= 15 is 0 Å². The van der Waals surface area contributed by atoms with Gasteiger partial charge in [0.15, 0.2) is 6.29 Å². The van der Waals surface area contributed by atoms with Crippen molar-refractivity contribution in [3.8, 4) is 0 Å². The summed E-state index contributed by atoms with van der Waals surface area (Å²) in [4.78, 5) is 10.2. The van der Waals surface area contributed by atoms with E-state index in [1.807, 2.05) is 0 Å². The molecule has 0 amide bonds. The van der Waals surface area contributed by atoms with Gasteiger partial charge in [-0.05, 0) is 6.92 Å². The average Bonchev–Trinajstić information content (AvgIpc) is 1.87. The average molecular weight is 161 g/mol. The summed E-state index contributed by atoms with van der Waals surface area (Å²) < 4.78 is 0. The molecule has 0 unspecified atom stereocenters. The summed E-state index contributed by atoms with van der Waals surface area (Å²) in [7, 11) is 0. The predicted octanol–water partition coefficient (Wildman–Crippen LogP) is -1.12. The van der Waals surface area contributed by atoms with E-state index in [0.717, 1.165) is 6.20 Å². The Morgan fingerprint density at radius 3 is 2.45 bits per heavy atom. The molecule has 0 aromatic heterocycles. The van der Waals surface area contributed by atoms with E-state index in [9.17, 15) is 4.79 Å². The highest BCUT2D eigenvalue weighted by Crippen LogP contribution is 1.96. The van der Waals surface area contributed by atoms with Crippen molar-refractivity contribution in [2.75, 3.05) is 6.54 Å². The first-order valence-corrected chi connectivity index (χ1v) is 3.12. The summed E-state index contributed by atoms with van der Waals surface area (Å²) in [5.41, 5.74) is -0.466. The third-order valence-corrected chi connectivity index (χ3v) is 0.987. The van der Waals surface area contributed by atoms with Gasteiger partial charge in [-0.25, -0.2) is 4.79 Å². The molecule has 0 aromatic carbocycles. The zero-order chi connectivity index (χ0) is 8.85. The second kappa shape index (κ2) is 4.70. The van der Waals surface area contributed by atoms with Gasteiger partial charge >= 0.3 is 5.97 Å². The molecule has 0 aromatic rings. The number of aliphatic hydroxyl groups is 2. The van der Waals surface area contributed by atoms with Gasteiger partial charge in [0.05, 0.1) is 0 Å². The molecule has 0 aliphatic rings. The normalized spacial score (nSPS) is 11.8. The van der Waals surface area contributed by atoms with Crippen LogP contribution in [0.4, 0.5) is 0 Å². The molecular formula is C6H11NO4. The molecule has 0 saturated carbocycles.